The lowest BCUT2D eigenvalue weighted by molar-refractivity contribution is -0.885. The maximum Gasteiger partial charge on any atom is 0.387 e. The van der Waals surface area contributed by atoms with E-state index in [1.807, 2.05) is 0 Å². The van der Waals surface area contributed by atoms with Gasteiger partial charge in [-0.25, -0.2) is 4.39 Å². The monoisotopic (exact) mass is 401 g/mol. The number of carbonyl (C=O) groups is 1. The fourth-order valence-corrected chi connectivity index (χ4v) is 2.82. The van der Waals surface area contributed by atoms with Gasteiger partial charge in [0.15, 0.2) is 6.54 Å². The van der Waals surface area contributed by atoms with Gasteiger partial charge in [0.1, 0.15) is 18.1 Å². The van der Waals surface area contributed by atoms with E-state index in [9.17, 15) is 18.0 Å². The highest BCUT2D eigenvalue weighted by Crippen LogP contribution is 2.17. The van der Waals surface area contributed by atoms with Gasteiger partial charge in [-0.15, -0.1) is 0 Å². The zero-order valence-corrected chi connectivity index (χ0v) is 15.5. The lowest BCUT2D eigenvalue weighted by Crippen LogP contribution is -3.09. The van der Waals surface area contributed by atoms with Gasteiger partial charge >= 0.3 is 6.61 Å². The fourth-order valence-electron chi connectivity index (χ4n) is 2.59. The van der Waals surface area contributed by atoms with Gasteiger partial charge in [-0.05, 0) is 36.2 Å². The molecular formula is C19H21ClF3N2O2+. The molecule has 27 heavy (non-hydrogen) atoms. The summed E-state index contributed by atoms with van der Waals surface area (Å²) < 4.78 is 42.3. The molecule has 1 unspecified atom stereocenters. The molecule has 4 nitrogen and oxygen atoms in total. The van der Waals surface area contributed by atoms with Crippen molar-refractivity contribution < 1.29 is 27.6 Å². The number of ether oxygens (including phenoxy) is 1. The van der Waals surface area contributed by atoms with Gasteiger partial charge in [-0.3, -0.25) is 4.79 Å². The number of hydrogen-bond acceptors (Lipinski definition) is 2. The van der Waals surface area contributed by atoms with E-state index in [4.69, 9.17) is 11.6 Å². The van der Waals surface area contributed by atoms with Crippen LogP contribution >= 0.6 is 11.6 Å². The van der Waals surface area contributed by atoms with Gasteiger partial charge in [-0.1, -0.05) is 29.8 Å². The van der Waals surface area contributed by atoms with Crippen LogP contribution in [0.5, 0.6) is 5.75 Å². The predicted molar refractivity (Wildman–Crippen MR) is 96.7 cm³/mol. The Morgan fingerprint density at radius 3 is 2.56 bits per heavy atom. The third-order valence-corrected chi connectivity index (χ3v) is 4.24. The van der Waals surface area contributed by atoms with Gasteiger partial charge in [0, 0.05) is 6.54 Å². The second kappa shape index (κ2) is 10.2. The van der Waals surface area contributed by atoms with Crippen molar-refractivity contribution in [2.24, 2.45) is 0 Å². The molecule has 0 saturated heterocycles. The predicted octanol–water partition coefficient (Wildman–Crippen LogP) is 2.45. The molecule has 146 valence electrons. The number of benzene rings is 2. The first-order chi connectivity index (χ1) is 12.8. The van der Waals surface area contributed by atoms with Crippen LogP contribution in [0.1, 0.15) is 11.1 Å². The SMILES string of the molecule is C[NH+](CC(=O)NCCc1ccc(OC(F)F)cc1)Cc1c(F)cccc1Cl. The number of hydrogen-bond donors (Lipinski definition) is 2. The topological polar surface area (TPSA) is 42.8 Å². The number of likely N-dealkylation sites (N-methyl/N-ethyl adjacent to an activating group) is 1. The highest BCUT2D eigenvalue weighted by atomic mass is 35.5. The normalized spacial score (nSPS) is 12.1. The molecule has 2 aromatic carbocycles. The van der Waals surface area contributed by atoms with Crippen LogP contribution in [-0.4, -0.2) is 32.7 Å². The van der Waals surface area contributed by atoms with Gasteiger partial charge < -0.3 is 15.0 Å². The van der Waals surface area contributed by atoms with Crippen LogP contribution in [0.3, 0.4) is 0 Å². The maximum atomic E-state index is 13.8. The van der Waals surface area contributed by atoms with Crippen molar-refractivity contribution in [3.63, 3.8) is 0 Å². The van der Waals surface area contributed by atoms with Gasteiger partial charge in [0.05, 0.1) is 17.6 Å². The standard InChI is InChI=1S/C19H20ClF3N2O2/c1-25(11-15-16(20)3-2-4-17(15)21)12-18(26)24-10-9-13-5-7-14(8-6-13)27-19(22)23/h2-8,19H,9-12H2,1H3,(H,24,26)/p+1. The summed E-state index contributed by atoms with van der Waals surface area (Å²) in [6, 6.07) is 10.7. The van der Waals surface area contributed by atoms with Crippen LogP contribution in [0, 0.1) is 5.82 Å². The summed E-state index contributed by atoms with van der Waals surface area (Å²) >= 11 is 6.00. The average Bonchev–Trinajstić information content (AvgIpc) is 2.59. The summed E-state index contributed by atoms with van der Waals surface area (Å²) in [5.74, 6) is -0.464. The van der Waals surface area contributed by atoms with Crippen molar-refractivity contribution in [1.82, 2.24) is 5.32 Å². The molecule has 0 heterocycles. The fraction of sp³-hybridized carbons (Fsp3) is 0.316. The Bertz CT molecular complexity index is 737. The van der Waals surface area contributed by atoms with E-state index in [0.29, 0.717) is 30.1 Å². The Morgan fingerprint density at radius 2 is 1.93 bits per heavy atom. The summed E-state index contributed by atoms with van der Waals surface area (Å²) in [5, 5.41) is 3.13. The van der Waals surface area contributed by atoms with Crippen molar-refractivity contribution in [2.75, 3.05) is 20.1 Å². The number of halogens is 4. The Balaban J connectivity index is 1.74. The first kappa shape index (κ1) is 21.1. The van der Waals surface area contributed by atoms with Crippen LogP contribution in [0.25, 0.3) is 0 Å². The van der Waals surface area contributed by atoms with Crippen molar-refractivity contribution >= 4 is 17.5 Å². The summed E-state index contributed by atoms with van der Waals surface area (Å²) in [7, 11) is 1.78. The van der Waals surface area contributed by atoms with Gasteiger partial charge in [0.2, 0.25) is 0 Å². The van der Waals surface area contributed by atoms with Crippen molar-refractivity contribution in [2.45, 2.75) is 19.6 Å². The van der Waals surface area contributed by atoms with E-state index < -0.39 is 6.61 Å². The lowest BCUT2D eigenvalue weighted by Gasteiger charge is -2.15. The van der Waals surface area contributed by atoms with Crippen LogP contribution in [-0.2, 0) is 17.8 Å². The van der Waals surface area contributed by atoms with E-state index in [1.165, 1.54) is 24.3 Å². The second-order valence-electron chi connectivity index (χ2n) is 6.13. The third kappa shape index (κ3) is 7.11. The highest BCUT2D eigenvalue weighted by molar-refractivity contribution is 6.31. The minimum absolute atomic E-state index is 0.0924. The number of amides is 1. The summed E-state index contributed by atoms with van der Waals surface area (Å²) in [4.78, 5) is 12.8. The maximum absolute atomic E-state index is 13.8. The molecule has 1 atom stereocenters. The van der Waals surface area contributed by atoms with E-state index in [0.717, 1.165) is 10.5 Å². The molecule has 0 aliphatic heterocycles. The molecule has 0 spiro atoms. The smallest absolute Gasteiger partial charge is 0.387 e. The molecule has 2 N–H and O–H groups in total. The largest absolute Gasteiger partial charge is 0.435 e. The molecule has 0 fully saturated rings. The zero-order valence-electron chi connectivity index (χ0n) is 14.8. The zero-order chi connectivity index (χ0) is 19.8. The summed E-state index contributed by atoms with van der Waals surface area (Å²) in [6.07, 6.45) is 0.554. The summed E-state index contributed by atoms with van der Waals surface area (Å²) in [5.41, 5.74) is 1.27. The molecule has 0 aromatic heterocycles. The number of rotatable bonds is 9. The van der Waals surface area contributed by atoms with E-state index in [2.05, 4.69) is 10.1 Å². The van der Waals surface area contributed by atoms with Crippen LogP contribution in [0.15, 0.2) is 42.5 Å². The van der Waals surface area contributed by atoms with Crippen LogP contribution in [0.4, 0.5) is 13.2 Å². The Hall–Kier alpha value is -2.25. The Morgan fingerprint density at radius 1 is 1.22 bits per heavy atom. The Kier molecular flexibility index (Phi) is 7.94. The first-order valence-corrected chi connectivity index (χ1v) is 8.77. The van der Waals surface area contributed by atoms with E-state index in [1.54, 1.807) is 25.2 Å². The summed E-state index contributed by atoms with van der Waals surface area (Å²) in [6.45, 7) is -1.98. The average molecular weight is 402 g/mol. The van der Waals surface area contributed by atoms with Crippen LogP contribution < -0.4 is 15.0 Å². The molecule has 0 aliphatic carbocycles. The highest BCUT2D eigenvalue weighted by Gasteiger charge is 2.15. The molecular weight excluding hydrogens is 381 g/mol. The van der Waals surface area contributed by atoms with Gasteiger partial charge in [0.25, 0.3) is 5.91 Å². The van der Waals surface area contributed by atoms with Crippen LogP contribution in [0.2, 0.25) is 5.02 Å². The molecule has 2 rings (SSSR count). The van der Waals surface area contributed by atoms with E-state index in [-0.39, 0.29) is 24.0 Å². The molecule has 0 saturated carbocycles. The molecule has 8 heteroatoms. The molecule has 1 amide bonds. The van der Waals surface area contributed by atoms with Gasteiger partial charge in [-0.2, -0.15) is 8.78 Å². The van der Waals surface area contributed by atoms with Crippen molar-refractivity contribution in [3.8, 4) is 5.75 Å². The third-order valence-electron chi connectivity index (χ3n) is 3.89. The minimum Gasteiger partial charge on any atom is -0.435 e. The van der Waals surface area contributed by atoms with E-state index >= 15 is 0 Å². The molecule has 0 aliphatic rings. The minimum atomic E-state index is -2.85. The molecule has 0 radical (unpaired) electrons. The first-order valence-electron chi connectivity index (χ1n) is 8.40. The van der Waals surface area contributed by atoms with Crippen molar-refractivity contribution in [3.05, 3.63) is 64.4 Å². The number of carbonyl (C=O) groups excluding carboxylic acids is 1. The quantitative estimate of drug-likeness (QED) is 0.678. The number of alkyl halides is 2. The van der Waals surface area contributed by atoms with Crippen molar-refractivity contribution in [1.29, 1.82) is 0 Å². The Labute approximate surface area is 160 Å². The molecule has 2 aromatic rings. The molecule has 0 bridgehead atoms. The number of nitrogens with one attached hydrogen (secondary N) is 2. The second-order valence-corrected chi connectivity index (χ2v) is 6.54. The number of quaternary nitrogens is 1. The lowest BCUT2D eigenvalue weighted by atomic mass is 10.1.